The molecule has 2 aromatic carbocycles. The Hall–Kier alpha value is -3.86. The first kappa shape index (κ1) is 17.5. The first-order valence-corrected chi connectivity index (χ1v) is 8.83. The highest BCUT2D eigenvalue weighted by Crippen LogP contribution is 2.32. The number of rotatable bonds is 4. The summed E-state index contributed by atoms with van der Waals surface area (Å²) in [6.07, 6.45) is 7.62. The molecule has 0 aliphatic heterocycles. The maximum atomic E-state index is 13.0. The van der Waals surface area contributed by atoms with Gasteiger partial charge in [-0.2, -0.15) is 0 Å². The van der Waals surface area contributed by atoms with Gasteiger partial charge in [0.25, 0.3) is 5.56 Å². The van der Waals surface area contributed by atoms with Crippen molar-refractivity contribution in [1.82, 2.24) is 15.0 Å². The van der Waals surface area contributed by atoms with Crippen molar-refractivity contribution in [2.45, 2.75) is 6.92 Å². The number of aromatic nitrogens is 3. The first-order valence-electron chi connectivity index (χ1n) is 8.83. The fourth-order valence-electron chi connectivity index (χ4n) is 3.26. The van der Waals surface area contributed by atoms with Gasteiger partial charge in [-0.15, -0.1) is 0 Å². The number of fused-ring (bicyclic) bond motifs is 1. The molecule has 0 bridgehead atoms. The molecule has 0 saturated heterocycles. The van der Waals surface area contributed by atoms with Crippen molar-refractivity contribution in [1.29, 1.82) is 0 Å². The Morgan fingerprint density at radius 2 is 1.71 bits per heavy atom. The first-order chi connectivity index (χ1) is 13.6. The number of nitrogens with zero attached hydrogens (tertiary/aromatic N) is 2. The van der Waals surface area contributed by atoms with E-state index < -0.39 is 5.56 Å². The van der Waals surface area contributed by atoms with E-state index in [1.54, 1.807) is 18.5 Å². The van der Waals surface area contributed by atoms with Gasteiger partial charge in [0.15, 0.2) is 5.78 Å². The van der Waals surface area contributed by atoms with E-state index in [-0.39, 0.29) is 11.3 Å². The van der Waals surface area contributed by atoms with Crippen LogP contribution in [0.2, 0.25) is 0 Å². The third-order valence-corrected chi connectivity index (χ3v) is 4.59. The predicted molar refractivity (Wildman–Crippen MR) is 110 cm³/mol. The molecule has 0 atom stereocenters. The number of allylic oxidation sites excluding steroid dienone is 1. The van der Waals surface area contributed by atoms with Crippen LogP contribution in [0.1, 0.15) is 21.5 Å². The summed E-state index contributed by atoms with van der Waals surface area (Å²) in [5, 5.41) is 0.830. The van der Waals surface area contributed by atoms with Gasteiger partial charge < -0.3 is 4.98 Å². The standard InChI is InChI=1S/C23H17N3O2/c1-15-6-2-3-7-17(15)21-18-8-4-5-9-19(18)26-23(28)22(21)20(27)11-10-16-12-24-14-25-13-16/h2-14H,1H3,(H,26,28)/b11-10+. The van der Waals surface area contributed by atoms with E-state index in [0.717, 1.165) is 16.5 Å². The Labute approximate surface area is 161 Å². The summed E-state index contributed by atoms with van der Waals surface area (Å²) in [6.45, 7) is 1.97. The molecule has 0 aliphatic carbocycles. The third kappa shape index (κ3) is 3.25. The molecule has 0 unspecified atom stereocenters. The summed E-state index contributed by atoms with van der Waals surface area (Å²) >= 11 is 0. The number of carbonyl (C=O) groups is 1. The summed E-state index contributed by atoms with van der Waals surface area (Å²) in [5.41, 5.74) is 3.61. The number of aryl methyl sites for hydroxylation is 1. The Balaban J connectivity index is 1.95. The Morgan fingerprint density at radius 3 is 2.50 bits per heavy atom. The van der Waals surface area contributed by atoms with Crippen LogP contribution < -0.4 is 5.56 Å². The molecule has 4 aromatic rings. The number of benzene rings is 2. The molecule has 5 heteroatoms. The summed E-state index contributed by atoms with van der Waals surface area (Å²) < 4.78 is 0. The lowest BCUT2D eigenvalue weighted by molar-refractivity contribution is 0.104. The highest BCUT2D eigenvalue weighted by atomic mass is 16.1. The van der Waals surface area contributed by atoms with Crippen LogP contribution in [0.15, 0.2) is 78.1 Å². The van der Waals surface area contributed by atoms with Gasteiger partial charge in [-0.1, -0.05) is 42.5 Å². The summed E-state index contributed by atoms with van der Waals surface area (Å²) in [4.78, 5) is 36.6. The van der Waals surface area contributed by atoms with Crippen molar-refractivity contribution in [2.75, 3.05) is 0 Å². The average molecular weight is 367 g/mol. The number of H-pyrrole nitrogens is 1. The molecule has 28 heavy (non-hydrogen) atoms. The van der Waals surface area contributed by atoms with Crippen molar-refractivity contribution in [3.8, 4) is 11.1 Å². The zero-order valence-electron chi connectivity index (χ0n) is 15.2. The van der Waals surface area contributed by atoms with Crippen LogP contribution in [-0.2, 0) is 0 Å². The van der Waals surface area contributed by atoms with Gasteiger partial charge >= 0.3 is 0 Å². The summed E-state index contributed by atoms with van der Waals surface area (Å²) in [5.74, 6) is -0.367. The van der Waals surface area contributed by atoms with Gasteiger partial charge in [-0.25, -0.2) is 9.97 Å². The van der Waals surface area contributed by atoms with Gasteiger partial charge in [0.05, 0.1) is 5.56 Å². The third-order valence-electron chi connectivity index (χ3n) is 4.59. The van der Waals surface area contributed by atoms with E-state index in [1.165, 1.54) is 12.4 Å². The van der Waals surface area contributed by atoms with E-state index in [9.17, 15) is 9.59 Å². The number of carbonyl (C=O) groups excluding carboxylic acids is 1. The fraction of sp³-hybridized carbons (Fsp3) is 0.0435. The zero-order valence-corrected chi connectivity index (χ0v) is 15.2. The van der Waals surface area contributed by atoms with Crippen molar-refractivity contribution >= 4 is 22.8 Å². The second-order valence-electron chi connectivity index (χ2n) is 6.43. The van der Waals surface area contributed by atoms with Crippen LogP contribution in [0.25, 0.3) is 28.1 Å². The molecular weight excluding hydrogens is 350 g/mol. The van der Waals surface area contributed by atoms with Crippen LogP contribution in [-0.4, -0.2) is 20.7 Å². The maximum Gasteiger partial charge on any atom is 0.260 e. The maximum absolute atomic E-state index is 13.0. The minimum atomic E-state index is -0.407. The second-order valence-corrected chi connectivity index (χ2v) is 6.43. The average Bonchev–Trinajstić information content (AvgIpc) is 2.72. The van der Waals surface area contributed by atoms with Crippen molar-refractivity contribution in [2.24, 2.45) is 0 Å². The van der Waals surface area contributed by atoms with Crippen LogP contribution >= 0.6 is 0 Å². The van der Waals surface area contributed by atoms with E-state index in [0.29, 0.717) is 16.6 Å². The van der Waals surface area contributed by atoms with Gasteiger partial charge in [0, 0.05) is 34.4 Å². The Kier molecular flexibility index (Phi) is 4.64. The SMILES string of the molecule is Cc1ccccc1-c1c(C(=O)/C=C/c2cncnc2)c(=O)[nH]c2ccccc12. The molecule has 0 radical (unpaired) electrons. The lowest BCUT2D eigenvalue weighted by Crippen LogP contribution is -2.18. The van der Waals surface area contributed by atoms with Crippen LogP contribution in [0.5, 0.6) is 0 Å². The number of hydrogen-bond acceptors (Lipinski definition) is 4. The minimum Gasteiger partial charge on any atom is -0.321 e. The van der Waals surface area contributed by atoms with Gasteiger partial charge in [0.1, 0.15) is 6.33 Å². The number of ketones is 1. The van der Waals surface area contributed by atoms with Gasteiger partial charge in [-0.3, -0.25) is 9.59 Å². The molecule has 4 rings (SSSR count). The molecule has 0 amide bonds. The van der Waals surface area contributed by atoms with E-state index in [2.05, 4.69) is 15.0 Å². The fourth-order valence-corrected chi connectivity index (χ4v) is 3.26. The Morgan fingerprint density at radius 1 is 1.00 bits per heavy atom. The highest BCUT2D eigenvalue weighted by Gasteiger charge is 2.20. The van der Waals surface area contributed by atoms with Crippen molar-refractivity contribution in [3.63, 3.8) is 0 Å². The lowest BCUT2D eigenvalue weighted by Gasteiger charge is -2.13. The molecule has 0 aliphatic rings. The molecule has 0 spiro atoms. The Bertz CT molecular complexity index is 1260. The summed E-state index contributed by atoms with van der Waals surface area (Å²) in [6, 6.07) is 15.3. The second kappa shape index (κ2) is 7.40. The molecule has 0 fully saturated rings. The van der Waals surface area contributed by atoms with Crippen LogP contribution in [0, 0.1) is 6.92 Å². The molecule has 1 N–H and O–H groups in total. The molecular formula is C23H17N3O2. The van der Waals surface area contributed by atoms with Crippen LogP contribution in [0.3, 0.4) is 0 Å². The molecule has 2 aromatic heterocycles. The largest absolute Gasteiger partial charge is 0.321 e. The van der Waals surface area contributed by atoms with Crippen molar-refractivity contribution in [3.05, 3.63) is 100 Å². The molecule has 2 heterocycles. The van der Waals surface area contributed by atoms with Gasteiger partial charge in [0.2, 0.25) is 0 Å². The van der Waals surface area contributed by atoms with Gasteiger partial charge in [-0.05, 0) is 36.3 Å². The quantitative estimate of drug-likeness (QED) is 0.433. The normalized spacial score (nSPS) is 11.2. The molecule has 0 saturated carbocycles. The van der Waals surface area contributed by atoms with E-state index >= 15 is 0 Å². The smallest absolute Gasteiger partial charge is 0.260 e. The van der Waals surface area contributed by atoms with Crippen molar-refractivity contribution < 1.29 is 4.79 Å². The minimum absolute atomic E-state index is 0.126. The topological polar surface area (TPSA) is 75.7 Å². The van der Waals surface area contributed by atoms with Crippen LogP contribution in [0.4, 0.5) is 0 Å². The monoisotopic (exact) mass is 367 g/mol. The molecule has 136 valence electrons. The lowest BCUT2D eigenvalue weighted by atomic mass is 9.91. The highest BCUT2D eigenvalue weighted by molar-refractivity contribution is 6.15. The number of nitrogens with one attached hydrogen (secondary N) is 1. The number of pyridine rings is 1. The predicted octanol–water partition coefficient (Wildman–Crippen LogP) is 4.19. The number of aromatic amines is 1. The number of para-hydroxylation sites is 1. The zero-order chi connectivity index (χ0) is 19.5. The van der Waals surface area contributed by atoms with E-state index in [4.69, 9.17) is 0 Å². The molecule has 5 nitrogen and oxygen atoms in total. The number of hydrogen-bond donors (Lipinski definition) is 1. The van der Waals surface area contributed by atoms with E-state index in [1.807, 2.05) is 55.5 Å². The summed E-state index contributed by atoms with van der Waals surface area (Å²) in [7, 11) is 0.